The highest BCUT2D eigenvalue weighted by Gasteiger charge is 2.15. The van der Waals surface area contributed by atoms with Gasteiger partial charge in [0.2, 0.25) is 0 Å². The monoisotopic (exact) mass is 390 g/mol. The van der Waals surface area contributed by atoms with Crippen LogP contribution < -0.4 is 5.73 Å². The summed E-state index contributed by atoms with van der Waals surface area (Å²) in [6.45, 7) is 4.23. The maximum Gasteiger partial charge on any atom is 0.325 e. The zero-order chi connectivity index (χ0) is 20.8. The van der Waals surface area contributed by atoms with Gasteiger partial charge in [-0.3, -0.25) is 9.59 Å². The minimum absolute atomic E-state index is 0.0131. The van der Waals surface area contributed by atoms with Crippen LogP contribution in [-0.2, 0) is 16.1 Å². The topological polar surface area (TPSA) is 100 Å². The van der Waals surface area contributed by atoms with Crippen LogP contribution in [0.15, 0.2) is 36.8 Å². The highest BCUT2D eigenvalue weighted by molar-refractivity contribution is 6.06. The Hall–Kier alpha value is -3.66. The molecule has 2 N–H and O–H groups in total. The average molecular weight is 390 g/mol. The molecule has 3 aromatic rings. The van der Waals surface area contributed by atoms with E-state index in [2.05, 4.69) is 21.8 Å². The summed E-state index contributed by atoms with van der Waals surface area (Å²) in [5.41, 5.74) is 7.99. The van der Waals surface area contributed by atoms with Crippen LogP contribution in [0.5, 0.6) is 0 Å². The van der Waals surface area contributed by atoms with Gasteiger partial charge in [0.05, 0.1) is 17.7 Å². The molecule has 0 atom stereocenters. The van der Waals surface area contributed by atoms with Crippen molar-refractivity contribution in [1.82, 2.24) is 14.5 Å². The third kappa shape index (κ3) is 4.99. The van der Waals surface area contributed by atoms with E-state index >= 15 is 0 Å². The lowest BCUT2D eigenvalue weighted by atomic mass is 10.1. The maximum absolute atomic E-state index is 12.1. The number of carbonyl (C=O) groups is 2. The van der Waals surface area contributed by atoms with Crippen LogP contribution in [0.2, 0.25) is 0 Å². The summed E-state index contributed by atoms with van der Waals surface area (Å²) in [4.78, 5) is 32.2. The molecule has 0 aliphatic heterocycles. The van der Waals surface area contributed by atoms with Gasteiger partial charge in [-0.15, -0.1) is 0 Å². The van der Waals surface area contributed by atoms with Gasteiger partial charge in [-0.25, -0.2) is 9.97 Å². The lowest BCUT2D eigenvalue weighted by Gasteiger charge is -2.06. The standard InChI is InChI=1S/C22H22N4O3/c1-3-4-9-29-21(27)14-26-13-19(22(23)28)18-10-16(7-8-20(18)26)5-6-17-11-24-15(2)25-12-17/h7-8,10-13H,3-4,9,14H2,1-2H3,(H2,23,28). The summed E-state index contributed by atoms with van der Waals surface area (Å²) < 4.78 is 6.89. The Morgan fingerprint density at radius 3 is 2.59 bits per heavy atom. The van der Waals surface area contributed by atoms with E-state index < -0.39 is 5.91 Å². The van der Waals surface area contributed by atoms with Gasteiger partial charge in [0.15, 0.2) is 0 Å². The molecule has 29 heavy (non-hydrogen) atoms. The second-order valence-electron chi connectivity index (χ2n) is 6.61. The first-order valence-electron chi connectivity index (χ1n) is 9.37. The molecule has 0 radical (unpaired) electrons. The zero-order valence-electron chi connectivity index (χ0n) is 16.4. The van der Waals surface area contributed by atoms with Crippen LogP contribution in [-0.4, -0.2) is 33.0 Å². The number of unbranched alkanes of at least 4 members (excludes halogenated alkanes) is 1. The summed E-state index contributed by atoms with van der Waals surface area (Å²) in [6, 6.07) is 5.43. The van der Waals surface area contributed by atoms with Gasteiger partial charge in [0.1, 0.15) is 12.4 Å². The molecule has 148 valence electrons. The van der Waals surface area contributed by atoms with E-state index in [1.54, 1.807) is 36.1 Å². The van der Waals surface area contributed by atoms with Gasteiger partial charge in [-0.2, -0.15) is 0 Å². The highest BCUT2D eigenvalue weighted by atomic mass is 16.5. The molecule has 1 amide bonds. The third-order valence-corrected chi connectivity index (χ3v) is 4.34. The molecule has 0 aliphatic carbocycles. The van der Waals surface area contributed by atoms with E-state index in [9.17, 15) is 9.59 Å². The predicted octanol–water partition coefficient (Wildman–Crippen LogP) is 2.58. The van der Waals surface area contributed by atoms with Gasteiger partial charge in [-0.05, 0) is 31.5 Å². The van der Waals surface area contributed by atoms with Crippen molar-refractivity contribution in [3.05, 3.63) is 59.3 Å². The summed E-state index contributed by atoms with van der Waals surface area (Å²) in [5.74, 6) is 5.80. The normalized spacial score (nSPS) is 10.4. The lowest BCUT2D eigenvalue weighted by Crippen LogP contribution is -2.14. The third-order valence-electron chi connectivity index (χ3n) is 4.34. The number of carbonyl (C=O) groups excluding carboxylic acids is 2. The highest BCUT2D eigenvalue weighted by Crippen LogP contribution is 2.23. The number of aromatic nitrogens is 3. The number of aryl methyl sites for hydroxylation is 1. The van der Waals surface area contributed by atoms with Gasteiger partial charge in [0.25, 0.3) is 5.91 Å². The van der Waals surface area contributed by atoms with Crippen molar-refractivity contribution in [3.8, 4) is 11.8 Å². The maximum atomic E-state index is 12.1. The summed E-state index contributed by atoms with van der Waals surface area (Å²) in [7, 11) is 0. The fraction of sp³-hybridized carbons (Fsp3) is 0.273. The van der Waals surface area contributed by atoms with Crippen molar-refractivity contribution < 1.29 is 14.3 Å². The summed E-state index contributed by atoms with van der Waals surface area (Å²) >= 11 is 0. The van der Waals surface area contributed by atoms with E-state index in [0.29, 0.717) is 34.5 Å². The van der Waals surface area contributed by atoms with Crippen LogP contribution in [0.3, 0.4) is 0 Å². The average Bonchev–Trinajstić information content (AvgIpc) is 3.06. The number of nitrogens with zero attached hydrogens (tertiary/aromatic N) is 3. The molecule has 3 rings (SSSR count). The number of ether oxygens (including phenoxy) is 1. The Morgan fingerprint density at radius 2 is 1.90 bits per heavy atom. The Balaban J connectivity index is 1.89. The van der Waals surface area contributed by atoms with Crippen molar-refractivity contribution in [2.75, 3.05) is 6.61 Å². The number of hydrogen-bond donors (Lipinski definition) is 1. The molecule has 0 spiro atoms. The number of hydrogen-bond acceptors (Lipinski definition) is 5. The van der Waals surface area contributed by atoms with Crippen molar-refractivity contribution in [3.63, 3.8) is 0 Å². The van der Waals surface area contributed by atoms with Crippen molar-refractivity contribution in [2.45, 2.75) is 33.2 Å². The van der Waals surface area contributed by atoms with E-state index in [-0.39, 0.29) is 12.5 Å². The number of amides is 1. The molecule has 0 saturated carbocycles. The predicted molar refractivity (Wildman–Crippen MR) is 109 cm³/mol. The second-order valence-corrected chi connectivity index (χ2v) is 6.61. The molecule has 0 aliphatic rings. The van der Waals surface area contributed by atoms with Crippen LogP contribution >= 0.6 is 0 Å². The number of nitrogens with two attached hydrogens (primary N) is 1. The first-order valence-corrected chi connectivity index (χ1v) is 9.37. The smallest absolute Gasteiger partial charge is 0.325 e. The van der Waals surface area contributed by atoms with E-state index in [1.165, 1.54) is 0 Å². The molecular weight excluding hydrogens is 368 g/mol. The quantitative estimate of drug-likeness (QED) is 0.396. The molecule has 2 heterocycles. The Labute approximate surface area is 168 Å². The number of esters is 1. The number of fused-ring (bicyclic) bond motifs is 1. The Bertz CT molecular complexity index is 1100. The van der Waals surface area contributed by atoms with Gasteiger partial charge in [-0.1, -0.05) is 25.2 Å². The molecule has 0 saturated heterocycles. The molecule has 0 unspecified atom stereocenters. The van der Waals surface area contributed by atoms with E-state index in [0.717, 1.165) is 18.4 Å². The lowest BCUT2D eigenvalue weighted by molar-refractivity contribution is -0.144. The first-order chi connectivity index (χ1) is 14.0. The minimum atomic E-state index is -0.565. The fourth-order valence-corrected chi connectivity index (χ4v) is 2.82. The largest absolute Gasteiger partial charge is 0.464 e. The summed E-state index contributed by atoms with van der Waals surface area (Å²) in [5, 5.41) is 0.644. The number of benzene rings is 1. The minimum Gasteiger partial charge on any atom is -0.464 e. The van der Waals surface area contributed by atoms with E-state index in [1.807, 2.05) is 19.1 Å². The Kier molecular flexibility index (Phi) is 6.25. The summed E-state index contributed by atoms with van der Waals surface area (Å²) in [6.07, 6.45) is 6.66. The SMILES string of the molecule is CCCCOC(=O)Cn1cc(C(N)=O)c2cc(C#Cc3cnc(C)nc3)ccc21. The molecule has 0 fully saturated rings. The van der Waals surface area contributed by atoms with Crippen LogP contribution in [0.4, 0.5) is 0 Å². The van der Waals surface area contributed by atoms with Crippen LogP contribution in [0.1, 0.15) is 47.1 Å². The molecule has 7 nitrogen and oxygen atoms in total. The van der Waals surface area contributed by atoms with Gasteiger partial charge < -0.3 is 15.0 Å². The molecular formula is C22H22N4O3. The number of primary amides is 1. The van der Waals surface area contributed by atoms with Crippen molar-refractivity contribution in [1.29, 1.82) is 0 Å². The van der Waals surface area contributed by atoms with Crippen LogP contribution in [0, 0.1) is 18.8 Å². The van der Waals surface area contributed by atoms with Gasteiger partial charge in [0, 0.05) is 35.1 Å². The van der Waals surface area contributed by atoms with Crippen molar-refractivity contribution in [2.24, 2.45) is 5.73 Å². The molecule has 0 bridgehead atoms. The van der Waals surface area contributed by atoms with Crippen LogP contribution in [0.25, 0.3) is 10.9 Å². The molecule has 7 heteroatoms. The van der Waals surface area contributed by atoms with Gasteiger partial charge >= 0.3 is 5.97 Å². The van der Waals surface area contributed by atoms with E-state index in [4.69, 9.17) is 10.5 Å². The molecule has 2 aromatic heterocycles. The molecule has 1 aromatic carbocycles. The second kappa shape index (κ2) is 9.02. The van der Waals surface area contributed by atoms with Crippen molar-refractivity contribution >= 4 is 22.8 Å². The fourth-order valence-electron chi connectivity index (χ4n) is 2.82. The number of rotatable bonds is 6. The Morgan fingerprint density at radius 1 is 1.17 bits per heavy atom. The first kappa shape index (κ1) is 20.1. The zero-order valence-corrected chi connectivity index (χ0v) is 16.4.